The molecule has 142 valence electrons. The van der Waals surface area contributed by atoms with Gasteiger partial charge in [0.05, 0.1) is 12.1 Å². The molecule has 0 bridgehead atoms. The monoisotopic (exact) mass is 364 g/mol. The second-order valence-corrected chi connectivity index (χ2v) is 7.79. The molecule has 2 fully saturated rings. The summed E-state index contributed by atoms with van der Waals surface area (Å²) in [5, 5.41) is 3.22. The second-order valence-electron chi connectivity index (χ2n) is 7.79. The quantitative estimate of drug-likeness (QED) is 0.814. The maximum Gasteiger partial charge on any atom is 0.238 e. The highest BCUT2D eigenvalue weighted by Gasteiger charge is 2.56. The number of fused-ring (bicyclic) bond motifs is 1. The van der Waals surface area contributed by atoms with Crippen molar-refractivity contribution in [2.24, 2.45) is 5.92 Å². The lowest BCUT2D eigenvalue weighted by atomic mass is 9.65. The van der Waals surface area contributed by atoms with Crippen LogP contribution in [0, 0.1) is 12.8 Å². The van der Waals surface area contributed by atoms with Gasteiger partial charge in [-0.3, -0.25) is 9.69 Å². The van der Waals surface area contributed by atoms with Crippen LogP contribution in [0.5, 0.6) is 5.75 Å². The Bertz CT molecular complexity index is 775. The minimum absolute atomic E-state index is 0.00368. The van der Waals surface area contributed by atoms with Gasteiger partial charge in [0.25, 0.3) is 0 Å². The summed E-state index contributed by atoms with van der Waals surface area (Å²) in [5.41, 5.74) is 2.38. The average molecular weight is 364 g/mol. The normalized spacial score (nSPS) is 24.9. The third-order valence-electron chi connectivity index (χ3n) is 6.04. The first-order chi connectivity index (χ1) is 13.1. The van der Waals surface area contributed by atoms with E-state index in [1.165, 1.54) is 12.0 Å². The van der Waals surface area contributed by atoms with Gasteiger partial charge in [-0.15, -0.1) is 0 Å². The number of carbonyl (C=O) groups excluding carboxylic acids is 1. The summed E-state index contributed by atoms with van der Waals surface area (Å²) < 4.78 is 5.84. The lowest BCUT2D eigenvalue weighted by Gasteiger charge is -2.61. The van der Waals surface area contributed by atoms with Crippen LogP contribution in [0.1, 0.15) is 36.9 Å². The van der Waals surface area contributed by atoms with Gasteiger partial charge in [0, 0.05) is 12.6 Å². The fraction of sp³-hybridized carbons (Fsp3) is 0.435. The molecular weight excluding hydrogens is 336 g/mol. The molecule has 1 aliphatic heterocycles. The van der Waals surface area contributed by atoms with Crippen molar-refractivity contribution in [3.05, 3.63) is 65.7 Å². The number of piperidine rings is 1. The third-order valence-corrected chi connectivity index (χ3v) is 6.04. The molecule has 4 atom stereocenters. The van der Waals surface area contributed by atoms with Crippen molar-refractivity contribution < 1.29 is 9.53 Å². The molecule has 2 aromatic carbocycles. The van der Waals surface area contributed by atoms with Crippen LogP contribution in [0.4, 0.5) is 0 Å². The highest BCUT2D eigenvalue weighted by Crippen LogP contribution is 2.47. The summed E-state index contributed by atoms with van der Waals surface area (Å²) in [4.78, 5) is 15.2. The first kappa shape index (κ1) is 18.1. The third kappa shape index (κ3) is 3.72. The highest BCUT2D eigenvalue weighted by atomic mass is 16.5. The number of amides is 1. The summed E-state index contributed by atoms with van der Waals surface area (Å²) in [6, 6.07) is 18.8. The molecule has 2 aromatic rings. The molecule has 1 saturated carbocycles. The molecule has 1 saturated heterocycles. The average Bonchev–Trinajstić information content (AvgIpc) is 2.65. The van der Waals surface area contributed by atoms with Crippen LogP contribution >= 0.6 is 0 Å². The van der Waals surface area contributed by atoms with E-state index in [1.54, 1.807) is 0 Å². The standard InChI is InChI=1S/C23H28N2O2/c1-16-8-10-18(11-9-16)17(2)24-23(26)22-20-12-13-21(20)25(22)14-15-27-19-6-4-3-5-7-19/h3-11,17,20-22H,12-15H2,1-2H3,(H,24,26)/t17-,20?,21-,22+/m0/s1. The molecule has 0 spiro atoms. The predicted molar refractivity (Wildman–Crippen MR) is 107 cm³/mol. The van der Waals surface area contributed by atoms with Crippen LogP contribution in [0.2, 0.25) is 0 Å². The number of rotatable bonds is 7. The van der Waals surface area contributed by atoms with Crippen molar-refractivity contribution in [1.29, 1.82) is 0 Å². The number of likely N-dealkylation sites (tertiary alicyclic amines) is 1. The summed E-state index contributed by atoms with van der Waals surface area (Å²) in [7, 11) is 0. The lowest BCUT2D eigenvalue weighted by molar-refractivity contribution is -0.161. The number of benzene rings is 2. The number of carbonyl (C=O) groups is 1. The molecular formula is C23H28N2O2. The zero-order chi connectivity index (χ0) is 18.8. The van der Waals surface area contributed by atoms with Crippen molar-refractivity contribution in [3.63, 3.8) is 0 Å². The molecule has 1 N–H and O–H groups in total. The zero-order valence-electron chi connectivity index (χ0n) is 16.1. The van der Waals surface area contributed by atoms with E-state index in [1.807, 2.05) is 30.3 Å². The molecule has 1 aliphatic carbocycles. The highest BCUT2D eigenvalue weighted by molar-refractivity contribution is 5.84. The zero-order valence-corrected chi connectivity index (χ0v) is 16.1. The first-order valence-corrected chi connectivity index (χ1v) is 9.94. The maximum atomic E-state index is 12.9. The van der Waals surface area contributed by atoms with E-state index < -0.39 is 0 Å². The molecule has 0 aromatic heterocycles. The van der Waals surface area contributed by atoms with Gasteiger partial charge in [0.1, 0.15) is 12.4 Å². The Morgan fingerprint density at radius 3 is 2.56 bits per heavy atom. The summed E-state index contributed by atoms with van der Waals surface area (Å²) in [6.45, 7) is 5.55. The van der Waals surface area contributed by atoms with Crippen LogP contribution in [-0.4, -0.2) is 36.0 Å². The number of hydrogen-bond acceptors (Lipinski definition) is 3. The Kier molecular flexibility index (Phi) is 5.17. The van der Waals surface area contributed by atoms with Gasteiger partial charge >= 0.3 is 0 Å². The summed E-state index contributed by atoms with van der Waals surface area (Å²) in [5.74, 6) is 1.56. The molecule has 1 unspecified atom stereocenters. The van der Waals surface area contributed by atoms with E-state index in [2.05, 4.69) is 48.3 Å². The van der Waals surface area contributed by atoms with E-state index in [0.29, 0.717) is 18.6 Å². The molecule has 4 nitrogen and oxygen atoms in total. The van der Waals surface area contributed by atoms with Gasteiger partial charge in [-0.1, -0.05) is 48.0 Å². The van der Waals surface area contributed by atoms with Gasteiger partial charge in [0.2, 0.25) is 5.91 Å². The number of nitrogens with one attached hydrogen (secondary N) is 1. The van der Waals surface area contributed by atoms with Crippen molar-refractivity contribution in [1.82, 2.24) is 10.2 Å². The van der Waals surface area contributed by atoms with E-state index in [0.717, 1.165) is 24.3 Å². The molecule has 1 heterocycles. The van der Waals surface area contributed by atoms with E-state index in [9.17, 15) is 4.79 Å². The van der Waals surface area contributed by atoms with E-state index in [-0.39, 0.29) is 18.0 Å². The van der Waals surface area contributed by atoms with Gasteiger partial charge in [-0.2, -0.15) is 0 Å². The molecule has 4 rings (SSSR count). The summed E-state index contributed by atoms with van der Waals surface area (Å²) >= 11 is 0. The van der Waals surface area contributed by atoms with Gasteiger partial charge in [0.15, 0.2) is 0 Å². The fourth-order valence-corrected chi connectivity index (χ4v) is 4.31. The molecule has 0 radical (unpaired) electrons. The minimum Gasteiger partial charge on any atom is -0.492 e. The van der Waals surface area contributed by atoms with Crippen molar-refractivity contribution in [2.45, 2.75) is 44.8 Å². The van der Waals surface area contributed by atoms with Crippen LogP contribution < -0.4 is 10.1 Å². The number of ether oxygens (including phenoxy) is 1. The SMILES string of the molecule is Cc1ccc([C@H](C)NC(=O)[C@H]2C3CC[C@@H]3N2CCOc2ccccc2)cc1. The second kappa shape index (κ2) is 7.73. The smallest absolute Gasteiger partial charge is 0.238 e. The molecule has 4 heteroatoms. The van der Waals surface area contributed by atoms with Crippen molar-refractivity contribution in [3.8, 4) is 5.75 Å². The van der Waals surface area contributed by atoms with Gasteiger partial charge < -0.3 is 10.1 Å². The first-order valence-electron chi connectivity index (χ1n) is 9.94. The van der Waals surface area contributed by atoms with E-state index in [4.69, 9.17) is 4.74 Å². The Balaban J connectivity index is 1.32. The van der Waals surface area contributed by atoms with Crippen molar-refractivity contribution in [2.75, 3.05) is 13.2 Å². The number of nitrogens with zero attached hydrogens (tertiary/aromatic N) is 1. The lowest BCUT2D eigenvalue weighted by Crippen LogP contribution is -2.73. The van der Waals surface area contributed by atoms with Gasteiger partial charge in [-0.05, 0) is 50.3 Å². The summed E-state index contributed by atoms with van der Waals surface area (Å²) in [6.07, 6.45) is 2.37. The van der Waals surface area contributed by atoms with Crippen LogP contribution in [-0.2, 0) is 4.79 Å². The van der Waals surface area contributed by atoms with Crippen molar-refractivity contribution >= 4 is 5.91 Å². The number of aryl methyl sites for hydroxylation is 1. The maximum absolute atomic E-state index is 12.9. The Hall–Kier alpha value is -2.33. The van der Waals surface area contributed by atoms with E-state index >= 15 is 0 Å². The van der Waals surface area contributed by atoms with Gasteiger partial charge in [-0.25, -0.2) is 0 Å². The minimum atomic E-state index is -0.00368. The number of para-hydroxylation sites is 1. The molecule has 27 heavy (non-hydrogen) atoms. The predicted octanol–water partition coefficient (Wildman–Crippen LogP) is 3.71. The molecule has 2 aliphatic rings. The fourth-order valence-electron chi connectivity index (χ4n) is 4.31. The topological polar surface area (TPSA) is 41.6 Å². The largest absolute Gasteiger partial charge is 0.492 e. The Labute approximate surface area is 161 Å². The Morgan fingerprint density at radius 2 is 1.89 bits per heavy atom. The van der Waals surface area contributed by atoms with Crippen LogP contribution in [0.3, 0.4) is 0 Å². The Morgan fingerprint density at radius 1 is 1.15 bits per heavy atom. The van der Waals surface area contributed by atoms with Crippen LogP contribution in [0.25, 0.3) is 0 Å². The number of hydrogen-bond donors (Lipinski definition) is 1. The van der Waals surface area contributed by atoms with Crippen LogP contribution in [0.15, 0.2) is 54.6 Å². The molecule has 1 amide bonds.